The van der Waals surface area contributed by atoms with Gasteiger partial charge in [-0.25, -0.2) is 10.7 Å². The number of unbranched alkanes of at least 4 members (excludes halogenated alkanes) is 2. The second-order valence-corrected chi connectivity index (χ2v) is 9.97. The first-order valence-corrected chi connectivity index (χ1v) is 13.1. The van der Waals surface area contributed by atoms with E-state index in [1.165, 1.54) is 11.9 Å². The number of anilines is 1. The van der Waals surface area contributed by atoms with Crippen molar-refractivity contribution >= 4 is 35.8 Å². The summed E-state index contributed by atoms with van der Waals surface area (Å²) in [7, 11) is 1.51. The molecule has 0 bridgehead atoms. The molecule has 0 fully saturated rings. The van der Waals surface area contributed by atoms with Gasteiger partial charge in [-0.3, -0.25) is 14.4 Å². The number of benzene rings is 1. The van der Waals surface area contributed by atoms with Crippen molar-refractivity contribution < 1.29 is 33.5 Å². The number of amides is 4. The molecule has 1 aromatic carbocycles. The third-order valence-electron chi connectivity index (χ3n) is 6.01. The van der Waals surface area contributed by atoms with E-state index >= 15 is 0 Å². The fraction of sp³-hybridized carbons (Fsp3) is 0.593. The molecule has 12 heteroatoms. The minimum atomic E-state index is -0.763. The minimum Gasteiger partial charge on any atom is -0.445 e. The number of likely N-dealkylation sites (N-methyl/N-ethyl adjacent to an activating group) is 1. The van der Waals surface area contributed by atoms with Crippen LogP contribution >= 0.6 is 0 Å². The zero-order valence-corrected chi connectivity index (χ0v) is 23.5. The summed E-state index contributed by atoms with van der Waals surface area (Å²) >= 11 is 0. The Balaban J connectivity index is 2.49. The van der Waals surface area contributed by atoms with E-state index in [9.17, 15) is 24.0 Å². The number of carbonyl (C=O) groups excluding carboxylic acids is 5. The molecule has 39 heavy (non-hydrogen) atoms. The highest BCUT2D eigenvalue weighted by molar-refractivity contribution is 5.96. The second kappa shape index (κ2) is 17.9. The maximum Gasteiger partial charge on any atom is 0.410 e. The number of rotatable bonds is 17. The minimum absolute atomic E-state index is 0.00154. The topological polar surface area (TPSA) is 169 Å². The molecule has 5 N–H and O–H groups in total. The molecule has 1 rings (SSSR count). The number of nitrogens with one attached hydrogen (secondary N) is 3. The number of hydrogen-bond donors (Lipinski definition) is 4. The number of aldehydes is 1. The predicted octanol–water partition coefficient (Wildman–Crippen LogP) is 2.12. The standard InChI is InChI=1S/C27H43N5O7/c1-18(2)22(16-33)32(5)27(37)38-17-20-10-12-21(13-11-20)30-24(35)15-29-26(36)25(19(3)4)31-23(34)9-7-6-8-14-39-28/h10-13,16,18-19,22,25H,6-9,14-15,17,28H2,1-5H3,(H,29,36)(H,30,35)(H,31,34). The van der Waals surface area contributed by atoms with Crippen LogP contribution in [0.3, 0.4) is 0 Å². The monoisotopic (exact) mass is 549 g/mol. The van der Waals surface area contributed by atoms with Crippen molar-refractivity contribution in [2.75, 3.05) is 25.5 Å². The van der Waals surface area contributed by atoms with Gasteiger partial charge in [-0.15, -0.1) is 0 Å². The Bertz CT molecular complexity index is 937. The van der Waals surface area contributed by atoms with E-state index in [4.69, 9.17) is 10.6 Å². The van der Waals surface area contributed by atoms with Crippen molar-refractivity contribution in [1.29, 1.82) is 0 Å². The molecule has 0 heterocycles. The Morgan fingerprint density at radius 2 is 1.64 bits per heavy atom. The van der Waals surface area contributed by atoms with Crippen molar-refractivity contribution in [2.24, 2.45) is 17.7 Å². The molecule has 0 saturated carbocycles. The Morgan fingerprint density at radius 3 is 2.21 bits per heavy atom. The van der Waals surface area contributed by atoms with Gasteiger partial charge in [-0.05, 0) is 42.4 Å². The van der Waals surface area contributed by atoms with Crippen LogP contribution in [0.2, 0.25) is 0 Å². The van der Waals surface area contributed by atoms with Crippen LogP contribution in [0, 0.1) is 11.8 Å². The van der Waals surface area contributed by atoms with Crippen molar-refractivity contribution in [1.82, 2.24) is 15.5 Å². The summed E-state index contributed by atoms with van der Waals surface area (Å²) in [5, 5.41) is 7.98. The molecule has 0 aliphatic rings. The van der Waals surface area contributed by atoms with Gasteiger partial charge in [-0.2, -0.15) is 0 Å². The zero-order valence-electron chi connectivity index (χ0n) is 23.5. The molecular formula is C27H43N5O7. The summed E-state index contributed by atoms with van der Waals surface area (Å²) in [5.74, 6) is 3.65. The summed E-state index contributed by atoms with van der Waals surface area (Å²) in [5.41, 5.74) is 1.19. The van der Waals surface area contributed by atoms with Crippen LogP contribution in [-0.4, -0.2) is 67.3 Å². The van der Waals surface area contributed by atoms with Crippen LogP contribution in [0.25, 0.3) is 0 Å². The van der Waals surface area contributed by atoms with Crippen LogP contribution in [0.15, 0.2) is 24.3 Å². The average Bonchev–Trinajstić information content (AvgIpc) is 2.89. The maximum atomic E-state index is 12.6. The van der Waals surface area contributed by atoms with E-state index in [-0.39, 0.29) is 37.3 Å². The second-order valence-electron chi connectivity index (χ2n) is 9.97. The molecule has 0 spiro atoms. The lowest BCUT2D eigenvalue weighted by atomic mass is 10.0. The molecule has 4 amide bonds. The number of nitrogens with two attached hydrogens (primary N) is 1. The largest absolute Gasteiger partial charge is 0.445 e. The van der Waals surface area contributed by atoms with Gasteiger partial charge in [0, 0.05) is 19.2 Å². The van der Waals surface area contributed by atoms with E-state index < -0.39 is 30.0 Å². The van der Waals surface area contributed by atoms with Gasteiger partial charge in [0.25, 0.3) is 0 Å². The summed E-state index contributed by atoms with van der Waals surface area (Å²) in [6.45, 7) is 7.47. The Hall–Kier alpha value is -3.51. The lowest BCUT2D eigenvalue weighted by Crippen LogP contribution is -2.51. The van der Waals surface area contributed by atoms with Gasteiger partial charge in [0.1, 0.15) is 18.9 Å². The van der Waals surface area contributed by atoms with Crippen LogP contribution in [-0.2, 0) is 35.4 Å². The van der Waals surface area contributed by atoms with Crippen molar-refractivity contribution in [3.8, 4) is 0 Å². The van der Waals surface area contributed by atoms with Crippen LogP contribution < -0.4 is 21.8 Å². The highest BCUT2D eigenvalue weighted by Crippen LogP contribution is 2.13. The van der Waals surface area contributed by atoms with E-state index in [2.05, 4.69) is 20.8 Å². The first-order valence-electron chi connectivity index (χ1n) is 13.1. The number of hydrogen-bond acceptors (Lipinski definition) is 8. The van der Waals surface area contributed by atoms with Crippen molar-refractivity contribution in [2.45, 2.75) is 72.1 Å². The first kappa shape index (κ1) is 33.5. The fourth-order valence-corrected chi connectivity index (χ4v) is 3.66. The highest BCUT2D eigenvalue weighted by atomic mass is 16.6. The van der Waals surface area contributed by atoms with Gasteiger partial charge in [0.05, 0.1) is 19.2 Å². The van der Waals surface area contributed by atoms with Gasteiger partial charge in [0.2, 0.25) is 17.7 Å². The molecule has 0 radical (unpaired) electrons. The zero-order chi connectivity index (χ0) is 29.4. The fourth-order valence-electron chi connectivity index (χ4n) is 3.66. The summed E-state index contributed by atoms with van der Waals surface area (Å²) < 4.78 is 5.27. The molecule has 218 valence electrons. The van der Waals surface area contributed by atoms with Crippen LogP contribution in [0.5, 0.6) is 0 Å². The third kappa shape index (κ3) is 12.7. The quantitative estimate of drug-likeness (QED) is 0.130. The highest BCUT2D eigenvalue weighted by Gasteiger charge is 2.25. The van der Waals surface area contributed by atoms with Gasteiger partial charge in [0.15, 0.2) is 0 Å². The molecule has 12 nitrogen and oxygen atoms in total. The first-order chi connectivity index (χ1) is 18.5. The van der Waals surface area contributed by atoms with Gasteiger partial charge in [-0.1, -0.05) is 46.2 Å². The summed E-state index contributed by atoms with van der Waals surface area (Å²) in [6.07, 6.45) is 2.58. The average molecular weight is 550 g/mol. The molecule has 2 atom stereocenters. The molecule has 0 aliphatic heterocycles. The molecular weight excluding hydrogens is 506 g/mol. The van der Waals surface area contributed by atoms with E-state index in [0.29, 0.717) is 30.6 Å². The summed E-state index contributed by atoms with van der Waals surface area (Å²) in [6, 6.07) is 5.33. The van der Waals surface area contributed by atoms with Crippen LogP contribution in [0.1, 0.15) is 58.9 Å². The predicted molar refractivity (Wildman–Crippen MR) is 146 cm³/mol. The van der Waals surface area contributed by atoms with E-state index in [0.717, 1.165) is 12.8 Å². The summed E-state index contributed by atoms with van der Waals surface area (Å²) in [4.78, 5) is 66.4. The molecule has 0 aromatic heterocycles. The van der Waals surface area contributed by atoms with E-state index in [1.54, 1.807) is 24.3 Å². The molecule has 0 aliphatic carbocycles. The van der Waals surface area contributed by atoms with Crippen molar-refractivity contribution in [3.63, 3.8) is 0 Å². The number of nitrogens with zero attached hydrogens (tertiary/aromatic N) is 1. The molecule has 1 aromatic rings. The van der Waals surface area contributed by atoms with Gasteiger partial charge < -0.3 is 35.2 Å². The lowest BCUT2D eigenvalue weighted by Gasteiger charge is -2.25. The van der Waals surface area contributed by atoms with E-state index in [1.807, 2.05) is 27.7 Å². The normalized spacial score (nSPS) is 12.4. The van der Waals surface area contributed by atoms with Crippen molar-refractivity contribution in [3.05, 3.63) is 29.8 Å². The Kier molecular flexibility index (Phi) is 15.4. The number of ether oxygens (including phenoxy) is 1. The molecule has 0 saturated heterocycles. The maximum absolute atomic E-state index is 12.6. The smallest absolute Gasteiger partial charge is 0.410 e. The van der Waals surface area contributed by atoms with Crippen LogP contribution in [0.4, 0.5) is 10.5 Å². The molecule has 2 unspecified atom stereocenters. The number of carbonyl (C=O) groups is 5. The SMILES string of the molecule is CC(C)C(NC(=O)CCCCCON)C(=O)NCC(=O)Nc1ccc(COC(=O)N(C)C(C=O)C(C)C)cc1. The Morgan fingerprint density at radius 1 is 0.974 bits per heavy atom. The van der Waals surface area contributed by atoms with Gasteiger partial charge >= 0.3 is 6.09 Å². The Labute approximate surface area is 230 Å². The third-order valence-corrected chi connectivity index (χ3v) is 6.01. The lowest BCUT2D eigenvalue weighted by molar-refractivity contribution is -0.130.